The molecular weight excluding hydrogens is 262 g/mol. The first kappa shape index (κ1) is 14.7. The number of alkyl halides is 2. The SMILES string of the molecule is O=C(O)COc1cccc(NC(=O)NCC(F)F)c1. The Hall–Kier alpha value is -2.38. The van der Waals surface area contributed by atoms with Gasteiger partial charge < -0.3 is 20.5 Å². The summed E-state index contributed by atoms with van der Waals surface area (Å²) < 4.78 is 28.6. The zero-order valence-electron chi connectivity index (χ0n) is 9.73. The lowest BCUT2D eigenvalue weighted by Gasteiger charge is -2.09. The number of benzene rings is 1. The largest absolute Gasteiger partial charge is 0.482 e. The topological polar surface area (TPSA) is 87.7 Å². The number of carboxylic acids is 1. The zero-order valence-corrected chi connectivity index (χ0v) is 9.73. The van der Waals surface area contributed by atoms with Crippen molar-refractivity contribution in [3.63, 3.8) is 0 Å². The highest BCUT2D eigenvalue weighted by Gasteiger charge is 2.07. The number of aliphatic carboxylic acids is 1. The fourth-order valence-electron chi connectivity index (χ4n) is 1.15. The summed E-state index contributed by atoms with van der Waals surface area (Å²) in [5, 5.41) is 12.7. The van der Waals surface area contributed by atoms with Crippen molar-refractivity contribution in [1.82, 2.24) is 5.32 Å². The highest BCUT2D eigenvalue weighted by Crippen LogP contribution is 2.17. The molecule has 0 unspecified atom stereocenters. The van der Waals surface area contributed by atoms with E-state index in [-0.39, 0.29) is 5.75 Å². The summed E-state index contributed by atoms with van der Waals surface area (Å²) >= 11 is 0. The van der Waals surface area contributed by atoms with Gasteiger partial charge in [-0.05, 0) is 12.1 Å². The average molecular weight is 274 g/mol. The van der Waals surface area contributed by atoms with Crippen LogP contribution < -0.4 is 15.4 Å². The lowest BCUT2D eigenvalue weighted by atomic mass is 10.3. The minimum atomic E-state index is -2.63. The lowest BCUT2D eigenvalue weighted by Crippen LogP contribution is -2.32. The number of halogens is 2. The third kappa shape index (κ3) is 6.20. The van der Waals surface area contributed by atoms with Crippen molar-refractivity contribution >= 4 is 17.7 Å². The van der Waals surface area contributed by atoms with Gasteiger partial charge in [-0.1, -0.05) is 6.07 Å². The second-order valence-electron chi connectivity index (χ2n) is 3.44. The Morgan fingerprint density at radius 1 is 1.37 bits per heavy atom. The molecule has 0 radical (unpaired) electrons. The quantitative estimate of drug-likeness (QED) is 0.734. The predicted octanol–water partition coefficient (Wildman–Crippen LogP) is 1.54. The molecule has 0 saturated carbocycles. The fraction of sp³-hybridized carbons (Fsp3) is 0.273. The number of ether oxygens (including phenoxy) is 1. The first-order valence-electron chi connectivity index (χ1n) is 5.25. The maximum absolute atomic E-state index is 11.9. The van der Waals surface area contributed by atoms with Gasteiger partial charge in [0.1, 0.15) is 5.75 Å². The average Bonchev–Trinajstić information content (AvgIpc) is 2.34. The van der Waals surface area contributed by atoms with Crippen molar-refractivity contribution in [3.8, 4) is 5.75 Å². The molecule has 0 aromatic heterocycles. The lowest BCUT2D eigenvalue weighted by molar-refractivity contribution is -0.139. The van der Waals surface area contributed by atoms with Crippen LogP contribution in [0.4, 0.5) is 19.3 Å². The molecule has 0 aliphatic carbocycles. The number of hydrogen-bond donors (Lipinski definition) is 3. The number of carbonyl (C=O) groups excluding carboxylic acids is 1. The molecule has 1 aromatic carbocycles. The Morgan fingerprint density at radius 2 is 2.11 bits per heavy atom. The first-order chi connectivity index (χ1) is 8.97. The summed E-state index contributed by atoms with van der Waals surface area (Å²) in [6.07, 6.45) is -2.63. The van der Waals surface area contributed by atoms with E-state index in [1.807, 2.05) is 5.32 Å². The molecule has 6 nitrogen and oxygen atoms in total. The normalized spacial score (nSPS) is 10.1. The van der Waals surface area contributed by atoms with Crippen LogP contribution in [-0.4, -0.2) is 36.7 Å². The molecule has 0 spiro atoms. The van der Waals surface area contributed by atoms with Gasteiger partial charge in [0.25, 0.3) is 6.43 Å². The van der Waals surface area contributed by atoms with E-state index in [0.29, 0.717) is 5.69 Å². The molecule has 2 amide bonds. The van der Waals surface area contributed by atoms with Gasteiger partial charge in [0, 0.05) is 11.8 Å². The molecule has 0 heterocycles. The molecule has 1 aromatic rings. The minimum absolute atomic E-state index is 0.244. The molecule has 0 saturated heterocycles. The smallest absolute Gasteiger partial charge is 0.341 e. The minimum Gasteiger partial charge on any atom is -0.482 e. The summed E-state index contributed by atoms with van der Waals surface area (Å²) in [5.74, 6) is -0.887. The first-order valence-corrected chi connectivity index (χ1v) is 5.25. The second-order valence-corrected chi connectivity index (χ2v) is 3.44. The van der Waals surface area contributed by atoms with E-state index in [1.165, 1.54) is 24.3 Å². The van der Waals surface area contributed by atoms with Crippen molar-refractivity contribution in [2.45, 2.75) is 6.43 Å². The van der Waals surface area contributed by atoms with Crippen LogP contribution in [-0.2, 0) is 4.79 Å². The molecule has 0 fully saturated rings. The van der Waals surface area contributed by atoms with E-state index in [2.05, 4.69) is 5.32 Å². The molecule has 0 bridgehead atoms. The fourth-order valence-corrected chi connectivity index (χ4v) is 1.15. The van der Waals surface area contributed by atoms with Crippen LogP contribution >= 0.6 is 0 Å². The van der Waals surface area contributed by atoms with Crippen molar-refractivity contribution in [2.24, 2.45) is 0 Å². The van der Waals surface area contributed by atoms with E-state index in [0.717, 1.165) is 0 Å². The molecular formula is C11H12F2N2O4. The third-order valence-corrected chi connectivity index (χ3v) is 1.87. The monoisotopic (exact) mass is 274 g/mol. The van der Waals surface area contributed by atoms with Gasteiger partial charge in [-0.2, -0.15) is 0 Å². The highest BCUT2D eigenvalue weighted by molar-refractivity contribution is 5.89. The van der Waals surface area contributed by atoms with Crippen molar-refractivity contribution in [1.29, 1.82) is 0 Å². The highest BCUT2D eigenvalue weighted by atomic mass is 19.3. The summed E-state index contributed by atoms with van der Waals surface area (Å²) in [4.78, 5) is 21.5. The Labute approximate surface area is 107 Å². The van der Waals surface area contributed by atoms with Gasteiger partial charge >= 0.3 is 12.0 Å². The number of rotatable bonds is 6. The van der Waals surface area contributed by atoms with Gasteiger partial charge in [0.2, 0.25) is 0 Å². The molecule has 0 atom stereocenters. The van der Waals surface area contributed by atoms with Crippen LogP contribution in [0, 0.1) is 0 Å². The van der Waals surface area contributed by atoms with E-state index in [4.69, 9.17) is 9.84 Å². The van der Waals surface area contributed by atoms with E-state index >= 15 is 0 Å². The number of anilines is 1. The molecule has 8 heteroatoms. The van der Waals surface area contributed by atoms with Gasteiger partial charge in [-0.25, -0.2) is 18.4 Å². The zero-order chi connectivity index (χ0) is 14.3. The van der Waals surface area contributed by atoms with Gasteiger partial charge in [-0.3, -0.25) is 0 Å². The molecule has 1 rings (SSSR count). The second kappa shape index (κ2) is 7.14. The Kier molecular flexibility index (Phi) is 5.52. The molecule has 104 valence electrons. The van der Waals surface area contributed by atoms with Crippen LogP contribution in [0.3, 0.4) is 0 Å². The van der Waals surface area contributed by atoms with Crippen molar-refractivity contribution in [2.75, 3.05) is 18.5 Å². The Balaban J connectivity index is 2.51. The van der Waals surface area contributed by atoms with Crippen molar-refractivity contribution < 1.29 is 28.2 Å². The molecule has 19 heavy (non-hydrogen) atoms. The summed E-state index contributed by atoms with van der Waals surface area (Å²) in [7, 11) is 0. The number of urea groups is 1. The van der Waals surface area contributed by atoms with Gasteiger partial charge in [-0.15, -0.1) is 0 Å². The number of amides is 2. The number of carboxylic acid groups (broad SMARTS) is 1. The van der Waals surface area contributed by atoms with E-state index in [1.54, 1.807) is 0 Å². The Bertz CT molecular complexity index is 454. The standard InChI is InChI=1S/C11H12F2N2O4/c12-9(13)5-14-11(18)15-7-2-1-3-8(4-7)19-6-10(16)17/h1-4,9H,5-6H2,(H,16,17)(H2,14,15,18). The Morgan fingerprint density at radius 3 is 2.74 bits per heavy atom. The van der Waals surface area contributed by atoms with Gasteiger partial charge in [0.05, 0.1) is 6.54 Å². The van der Waals surface area contributed by atoms with Crippen LogP contribution in [0.15, 0.2) is 24.3 Å². The van der Waals surface area contributed by atoms with E-state index in [9.17, 15) is 18.4 Å². The van der Waals surface area contributed by atoms with Crippen LogP contribution in [0.25, 0.3) is 0 Å². The molecule has 3 N–H and O–H groups in total. The van der Waals surface area contributed by atoms with Crippen LogP contribution in [0.1, 0.15) is 0 Å². The maximum atomic E-state index is 11.9. The third-order valence-electron chi connectivity index (χ3n) is 1.87. The van der Waals surface area contributed by atoms with Crippen LogP contribution in [0.2, 0.25) is 0 Å². The summed E-state index contributed by atoms with van der Waals surface area (Å²) in [6, 6.07) is 5.14. The number of carbonyl (C=O) groups is 2. The van der Waals surface area contributed by atoms with E-state index < -0.39 is 31.6 Å². The number of hydrogen-bond acceptors (Lipinski definition) is 3. The summed E-state index contributed by atoms with van der Waals surface area (Å²) in [6.45, 7) is -1.26. The molecule has 0 aliphatic heterocycles. The van der Waals surface area contributed by atoms with Crippen LogP contribution in [0.5, 0.6) is 5.75 Å². The summed E-state index contributed by atoms with van der Waals surface area (Å²) in [5.41, 5.74) is 0.301. The predicted molar refractivity (Wildman–Crippen MR) is 62.6 cm³/mol. The molecule has 0 aliphatic rings. The number of nitrogens with one attached hydrogen (secondary N) is 2. The van der Waals surface area contributed by atoms with Crippen molar-refractivity contribution in [3.05, 3.63) is 24.3 Å². The maximum Gasteiger partial charge on any atom is 0.341 e. The van der Waals surface area contributed by atoms with Gasteiger partial charge in [0.15, 0.2) is 6.61 Å².